The minimum atomic E-state index is -0.417. The first kappa shape index (κ1) is 15.2. The third-order valence-electron chi connectivity index (χ3n) is 2.06. The second kappa shape index (κ2) is 6.68. The highest BCUT2D eigenvalue weighted by Crippen LogP contribution is 2.20. The van der Waals surface area contributed by atoms with Crippen LogP contribution >= 0.6 is 24.0 Å². The van der Waals surface area contributed by atoms with Crippen molar-refractivity contribution >= 4 is 29.9 Å². The lowest BCUT2D eigenvalue weighted by Gasteiger charge is -2.17. The molecule has 0 radical (unpaired) electrons. The SMILES string of the molecule is CN(Cc1c(F)cccc1Cl)C(=O)CN.Cl. The molecule has 0 aliphatic rings. The van der Waals surface area contributed by atoms with E-state index >= 15 is 0 Å². The zero-order valence-corrected chi connectivity index (χ0v) is 10.3. The number of nitrogens with zero attached hydrogens (tertiary/aromatic N) is 1. The zero-order chi connectivity index (χ0) is 11.4. The second-order valence-electron chi connectivity index (χ2n) is 3.15. The maximum Gasteiger partial charge on any atom is 0.236 e. The van der Waals surface area contributed by atoms with Gasteiger partial charge in [0.05, 0.1) is 6.54 Å². The van der Waals surface area contributed by atoms with Crippen molar-refractivity contribution in [1.82, 2.24) is 4.90 Å². The predicted octanol–water partition coefficient (Wildman–Crippen LogP) is 1.82. The van der Waals surface area contributed by atoms with Crippen molar-refractivity contribution in [3.63, 3.8) is 0 Å². The molecule has 0 aromatic heterocycles. The first-order chi connectivity index (χ1) is 7.06. The van der Waals surface area contributed by atoms with E-state index in [1.165, 1.54) is 17.0 Å². The van der Waals surface area contributed by atoms with E-state index in [0.717, 1.165) is 0 Å². The van der Waals surface area contributed by atoms with E-state index in [2.05, 4.69) is 0 Å². The lowest BCUT2D eigenvalue weighted by molar-refractivity contribution is -0.128. The molecule has 2 N–H and O–H groups in total. The Morgan fingerprint density at radius 1 is 1.56 bits per heavy atom. The number of carbonyl (C=O) groups is 1. The summed E-state index contributed by atoms with van der Waals surface area (Å²) in [6.07, 6.45) is 0. The number of rotatable bonds is 3. The molecule has 3 nitrogen and oxygen atoms in total. The number of halogens is 3. The van der Waals surface area contributed by atoms with Gasteiger partial charge in [-0.05, 0) is 12.1 Å². The van der Waals surface area contributed by atoms with Gasteiger partial charge in [-0.3, -0.25) is 4.79 Å². The number of amides is 1. The third kappa shape index (κ3) is 3.63. The van der Waals surface area contributed by atoms with Gasteiger partial charge in [-0.15, -0.1) is 12.4 Å². The molecule has 0 heterocycles. The van der Waals surface area contributed by atoms with Crippen LogP contribution in [0.3, 0.4) is 0 Å². The molecule has 1 amide bonds. The van der Waals surface area contributed by atoms with Gasteiger partial charge in [-0.1, -0.05) is 17.7 Å². The Morgan fingerprint density at radius 2 is 2.19 bits per heavy atom. The Bertz CT molecular complexity index is 354. The summed E-state index contributed by atoms with van der Waals surface area (Å²) in [5, 5.41) is 0.312. The molecule has 0 unspecified atom stereocenters. The smallest absolute Gasteiger partial charge is 0.236 e. The van der Waals surface area contributed by atoms with Crippen LogP contribution in [0.5, 0.6) is 0 Å². The number of carbonyl (C=O) groups excluding carboxylic acids is 1. The van der Waals surface area contributed by atoms with Gasteiger partial charge < -0.3 is 10.6 Å². The number of hydrogen-bond donors (Lipinski definition) is 1. The van der Waals surface area contributed by atoms with Gasteiger partial charge in [-0.25, -0.2) is 4.39 Å². The van der Waals surface area contributed by atoms with Gasteiger partial charge in [0.15, 0.2) is 0 Å². The van der Waals surface area contributed by atoms with Gasteiger partial charge in [0.2, 0.25) is 5.91 Å². The lowest BCUT2D eigenvalue weighted by Crippen LogP contribution is -2.32. The van der Waals surface area contributed by atoms with Crippen LogP contribution in [0.2, 0.25) is 5.02 Å². The van der Waals surface area contributed by atoms with Crippen LogP contribution in [-0.2, 0) is 11.3 Å². The van der Waals surface area contributed by atoms with E-state index in [0.29, 0.717) is 10.6 Å². The maximum absolute atomic E-state index is 13.3. The van der Waals surface area contributed by atoms with Crippen LogP contribution in [-0.4, -0.2) is 24.4 Å². The van der Waals surface area contributed by atoms with Gasteiger partial charge >= 0.3 is 0 Å². The zero-order valence-electron chi connectivity index (χ0n) is 8.74. The molecule has 1 aromatic carbocycles. The molecule has 0 spiro atoms. The Kier molecular flexibility index (Phi) is 6.33. The molecule has 1 rings (SSSR count). The van der Waals surface area contributed by atoms with Crippen LogP contribution in [0.25, 0.3) is 0 Å². The van der Waals surface area contributed by atoms with E-state index in [9.17, 15) is 9.18 Å². The predicted molar refractivity (Wildman–Crippen MR) is 64.2 cm³/mol. The molecule has 0 saturated carbocycles. The highest BCUT2D eigenvalue weighted by atomic mass is 35.5. The van der Waals surface area contributed by atoms with E-state index in [1.54, 1.807) is 13.1 Å². The summed E-state index contributed by atoms with van der Waals surface area (Å²) in [7, 11) is 1.55. The summed E-state index contributed by atoms with van der Waals surface area (Å²) in [5.41, 5.74) is 5.49. The van der Waals surface area contributed by atoms with Crippen molar-refractivity contribution < 1.29 is 9.18 Å². The summed E-state index contributed by atoms with van der Waals surface area (Å²) in [6.45, 7) is 0.0319. The molecule has 6 heteroatoms. The average molecular weight is 267 g/mol. The molecule has 0 aliphatic carbocycles. The average Bonchev–Trinajstić information content (AvgIpc) is 2.22. The van der Waals surface area contributed by atoms with Crippen LogP contribution in [0.1, 0.15) is 5.56 Å². The van der Waals surface area contributed by atoms with Crippen LogP contribution in [0.15, 0.2) is 18.2 Å². The quantitative estimate of drug-likeness (QED) is 0.908. The maximum atomic E-state index is 13.3. The minimum absolute atomic E-state index is 0. The normalized spacial score (nSPS) is 9.50. The second-order valence-corrected chi connectivity index (χ2v) is 3.56. The Morgan fingerprint density at radius 3 is 2.69 bits per heavy atom. The number of benzene rings is 1. The molecule has 0 fully saturated rings. The molecule has 16 heavy (non-hydrogen) atoms. The van der Waals surface area contributed by atoms with Gasteiger partial charge in [0, 0.05) is 24.2 Å². The third-order valence-corrected chi connectivity index (χ3v) is 2.41. The van der Waals surface area contributed by atoms with Gasteiger partial charge in [0.25, 0.3) is 0 Å². The van der Waals surface area contributed by atoms with Gasteiger partial charge in [-0.2, -0.15) is 0 Å². The van der Waals surface area contributed by atoms with Crippen LogP contribution < -0.4 is 5.73 Å². The summed E-state index contributed by atoms with van der Waals surface area (Å²) >= 11 is 5.81. The lowest BCUT2D eigenvalue weighted by atomic mass is 10.2. The summed E-state index contributed by atoms with van der Waals surface area (Å²) < 4.78 is 13.3. The fourth-order valence-electron chi connectivity index (χ4n) is 1.16. The first-order valence-electron chi connectivity index (χ1n) is 4.43. The molecule has 0 atom stereocenters. The standard InChI is InChI=1S/C10H12ClFN2O.ClH/c1-14(10(15)5-13)6-7-8(11)3-2-4-9(7)12;/h2-4H,5-6,13H2,1H3;1H. The van der Waals surface area contributed by atoms with Crippen LogP contribution in [0, 0.1) is 5.82 Å². The van der Waals surface area contributed by atoms with E-state index < -0.39 is 5.82 Å². The van der Waals surface area contributed by atoms with Crippen molar-refractivity contribution in [2.75, 3.05) is 13.6 Å². The molecule has 0 saturated heterocycles. The largest absolute Gasteiger partial charge is 0.340 e. The molecule has 90 valence electrons. The number of nitrogens with two attached hydrogens (primary N) is 1. The first-order valence-corrected chi connectivity index (χ1v) is 4.81. The highest BCUT2D eigenvalue weighted by Gasteiger charge is 2.12. The van der Waals surface area contributed by atoms with Gasteiger partial charge in [0.1, 0.15) is 5.82 Å². The van der Waals surface area contributed by atoms with Crippen molar-refractivity contribution in [2.24, 2.45) is 5.73 Å². The number of hydrogen-bond acceptors (Lipinski definition) is 2. The van der Waals surface area contributed by atoms with Crippen molar-refractivity contribution in [1.29, 1.82) is 0 Å². The molecule has 0 aliphatic heterocycles. The summed E-state index contributed by atoms with van der Waals surface area (Å²) in [5.74, 6) is -0.673. The molecule has 0 bridgehead atoms. The van der Waals surface area contributed by atoms with E-state index in [1.807, 2.05) is 0 Å². The Balaban J connectivity index is 0.00000225. The fourth-order valence-corrected chi connectivity index (χ4v) is 1.39. The molecular formula is C10H13Cl2FN2O. The molecule has 1 aromatic rings. The summed E-state index contributed by atoms with van der Waals surface area (Å²) in [4.78, 5) is 12.5. The number of likely N-dealkylation sites (N-methyl/N-ethyl adjacent to an activating group) is 1. The van der Waals surface area contributed by atoms with Crippen molar-refractivity contribution in [3.8, 4) is 0 Å². The van der Waals surface area contributed by atoms with E-state index in [-0.39, 0.29) is 31.4 Å². The van der Waals surface area contributed by atoms with Crippen LogP contribution in [0.4, 0.5) is 4.39 Å². The van der Waals surface area contributed by atoms with Crippen molar-refractivity contribution in [2.45, 2.75) is 6.54 Å². The Labute approximate surface area is 105 Å². The topological polar surface area (TPSA) is 46.3 Å². The highest BCUT2D eigenvalue weighted by molar-refractivity contribution is 6.31. The summed E-state index contributed by atoms with van der Waals surface area (Å²) in [6, 6.07) is 4.41. The van der Waals surface area contributed by atoms with E-state index in [4.69, 9.17) is 17.3 Å². The monoisotopic (exact) mass is 266 g/mol. The minimum Gasteiger partial charge on any atom is -0.340 e. The fraction of sp³-hybridized carbons (Fsp3) is 0.300. The Hall–Kier alpha value is -0.840. The molecular weight excluding hydrogens is 254 g/mol. The van der Waals surface area contributed by atoms with Crippen molar-refractivity contribution in [3.05, 3.63) is 34.6 Å².